The average molecular weight is 287 g/mol. The molecular weight excluding hydrogens is 275 g/mol. The lowest BCUT2D eigenvalue weighted by Crippen LogP contribution is -2.12. The summed E-state index contributed by atoms with van der Waals surface area (Å²) in [7, 11) is 0. The number of anilines is 2. The van der Waals surface area contributed by atoms with E-state index in [0.717, 1.165) is 11.6 Å². The Morgan fingerprint density at radius 3 is 2.94 bits per heavy atom. The van der Waals surface area contributed by atoms with Crippen LogP contribution < -0.4 is 11.1 Å². The SMILES string of the molecule is Nc1cc(F)c(Cl)cc1NCC(O)c1ccsc1. The number of aliphatic hydroxyl groups is 1. The molecule has 1 unspecified atom stereocenters. The number of aliphatic hydroxyl groups excluding tert-OH is 1. The number of thiophene rings is 1. The van der Waals surface area contributed by atoms with Gasteiger partial charge >= 0.3 is 0 Å². The Morgan fingerprint density at radius 2 is 2.28 bits per heavy atom. The highest BCUT2D eigenvalue weighted by atomic mass is 35.5. The van der Waals surface area contributed by atoms with Gasteiger partial charge in [-0.2, -0.15) is 11.3 Å². The van der Waals surface area contributed by atoms with Crippen molar-refractivity contribution in [3.8, 4) is 0 Å². The van der Waals surface area contributed by atoms with Crippen molar-refractivity contribution in [2.75, 3.05) is 17.6 Å². The van der Waals surface area contributed by atoms with Crippen LogP contribution in [0.1, 0.15) is 11.7 Å². The molecule has 0 aliphatic heterocycles. The first-order chi connectivity index (χ1) is 8.58. The van der Waals surface area contributed by atoms with Crippen molar-refractivity contribution < 1.29 is 9.50 Å². The fourth-order valence-electron chi connectivity index (χ4n) is 1.50. The highest BCUT2D eigenvalue weighted by Gasteiger charge is 2.10. The van der Waals surface area contributed by atoms with Gasteiger partial charge in [-0.1, -0.05) is 11.6 Å². The highest BCUT2D eigenvalue weighted by Crippen LogP contribution is 2.27. The van der Waals surface area contributed by atoms with Gasteiger partial charge in [0.05, 0.1) is 22.5 Å². The van der Waals surface area contributed by atoms with Crippen molar-refractivity contribution in [1.82, 2.24) is 0 Å². The van der Waals surface area contributed by atoms with E-state index in [9.17, 15) is 9.50 Å². The third kappa shape index (κ3) is 2.93. The van der Waals surface area contributed by atoms with Crippen LogP contribution in [0.3, 0.4) is 0 Å². The molecule has 18 heavy (non-hydrogen) atoms. The fraction of sp³-hybridized carbons (Fsp3) is 0.167. The van der Waals surface area contributed by atoms with Gasteiger partial charge in [0.25, 0.3) is 0 Å². The summed E-state index contributed by atoms with van der Waals surface area (Å²) in [6, 6.07) is 4.41. The quantitative estimate of drug-likeness (QED) is 0.756. The lowest BCUT2D eigenvalue weighted by Gasteiger charge is -2.13. The van der Waals surface area contributed by atoms with Crippen LogP contribution in [0.5, 0.6) is 0 Å². The van der Waals surface area contributed by atoms with E-state index in [1.165, 1.54) is 17.4 Å². The summed E-state index contributed by atoms with van der Waals surface area (Å²) in [6.45, 7) is 0.281. The second kappa shape index (κ2) is 5.56. The molecule has 0 aliphatic rings. The Balaban J connectivity index is 2.04. The molecule has 3 nitrogen and oxygen atoms in total. The van der Waals surface area contributed by atoms with Gasteiger partial charge in [-0.05, 0) is 28.5 Å². The standard InChI is InChI=1S/C12H12ClFN2OS/c13-8-3-11(10(15)4-9(8)14)16-5-12(17)7-1-2-18-6-7/h1-4,6,12,16-17H,5,15H2. The molecule has 6 heteroatoms. The fourth-order valence-corrected chi connectivity index (χ4v) is 2.38. The molecule has 1 aromatic heterocycles. The number of halogens is 2. The Bertz CT molecular complexity index is 533. The van der Waals surface area contributed by atoms with Gasteiger partial charge in [-0.25, -0.2) is 4.39 Å². The van der Waals surface area contributed by atoms with Crippen molar-refractivity contribution in [3.63, 3.8) is 0 Å². The topological polar surface area (TPSA) is 58.3 Å². The molecule has 1 aromatic carbocycles. The van der Waals surface area contributed by atoms with E-state index < -0.39 is 11.9 Å². The van der Waals surface area contributed by atoms with Crippen LogP contribution in [0.25, 0.3) is 0 Å². The molecule has 96 valence electrons. The molecular formula is C12H12ClFN2OS. The largest absolute Gasteiger partial charge is 0.397 e. The first-order valence-electron chi connectivity index (χ1n) is 5.26. The summed E-state index contributed by atoms with van der Waals surface area (Å²) in [4.78, 5) is 0. The Kier molecular flexibility index (Phi) is 4.06. The van der Waals surface area contributed by atoms with Gasteiger partial charge in [-0.3, -0.25) is 0 Å². The van der Waals surface area contributed by atoms with Gasteiger partial charge in [0.15, 0.2) is 0 Å². The van der Waals surface area contributed by atoms with E-state index in [1.54, 1.807) is 0 Å². The van der Waals surface area contributed by atoms with Crippen LogP contribution in [-0.4, -0.2) is 11.7 Å². The minimum absolute atomic E-state index is 0.00303. The molecule has 0 fully saturated rings. The Labute approximate surface area is 113 Å². The number of rotatable bonds is 4. The molecule has 0 radical (unpaired) electrons. The maximum absolute atomic E-state index is 13.1. The zero-order chi connectivity index (χ0) is 13.1. The van der Waals surface area contributed by atoms with E-state index >= 15 is 0 Å². The summed E-state index contributed by atoms with van der Waals surface area (Å²) in [6.07, 6.45) is -0.639. The van der Waals surface area contributed by atoms with Gasteiger partial charge in [0, 0.05) is 12.6 Å². The molecule has 0 saturated heterocycles. The second-order valence-corrected chi connectivity index (χ2v) is 4.99. The van der Waals surface area contributed by atoms with Gasteiger partial charge in [0.1, 0.15) is 5.82 Å². The maximum atomic E-state index is 13.1. The molecule has 0 saturated carbocycles. The number of nitrogens with two attached hydrogens (primary N) is 1. The van der Waals surface area contributed by atoms with Crippen LogP contribution in [0.2, 0.25) is 5.02 Å². The summed E-state index contributed by atoms with van der Waals surface area (Å²) in [5, 5.41) is 16.6. The lowest BCUT2D eigenvalue weighted by molar-refractivity contribution is 0.192. The van der Waals surface area contributed by atoms with E-state index in [1.807, 2.05) is 16.8 Å². The smallest absolute Gasteiger partial charge is 0.143 e. The number of nitrogens with one attached hydrogen (secondary N) is 1. The van der Waals surface area contributed by atoms with E-state index in [2.05, 4.69) is 5.32 Å². The second-order valence-electron chi connectivity index (χ2n) is 3.81. The minimum Gasteiger partial charge on any atom is -0.397 e. The first kappa shape index (κ1) is 13.1. The molecule has 0 bridgehead atoms. The lowest BCUT2D eigenvalue weighted by atomic mass is 10.2. The van der Waals surface area contributed by atoms with Crippen LogP contribution >= 0.6 is 22.9 Å². The Hall–Kier alpha value is -1.30. The molecule has 1 atom stereocenters. The molecule has 0 spiro atoms. The van der Waals surface area contributed by atoms with Gasteiger partial charge in [-0.15, -0.1) is 0 Å². The monoisotopic (exact) mass is 286 g/mol. The van der Waals surface area contributed by atoms with Crippen molar-refractivity contribution in [2.24, 2.45) is 0 Å². The van der Waals surface area contributed by atoms with Crippen LogP contribution in [0.15, 0.2) is 29.0 Å². The molecule has 2 aromatic rings. The van der Waals surface area contributed by atoms with Crippen LogP contribution in [0.4, 0.5) is 15.8 Å². The summed E-state index contributed by atoms with van der Waals surface area (Å²) < 4.78 is 13.1. The van der Waals surface area contributed by atoms with E-state index in [0.29, 0.717) is 5.69 Å². The highest BCUT2D eigenvalue weighted by molar-refractivity contribution is 7.07. The predicted octanol–water partition coefficient (Wildman–Crippen LogP) is 3.27. The molecule has 0 amide bonds. The third-order valence-electron chi connectivity index (χ3n) is 2.51. The summed E-state index contributed by atoms with van der Waals surface area (Å²) in [5.41, 5.74) is 7.26. The van der Waals surface area contributed by atoms with Crippen molar-refractivity contribution in [2.45, 2.75) is 6.10 Å². The Morgan fingerprint density at radius 1 is 1.50 bits per heavy atom. The van der Waals surface area contributed by atoms with Gasteiger partial charge < -0.3 is 16.2 Å². The van der Waals surface area contributed by atoms with Crippen LogP contribution in [-0.2, 0) is 0 Å². The number of hydrogen-bond acceptors (Lipinski definition) is 4. The number of nitrogen functional groups attached to an aromatic ring is 1. The molecule has 2 rings (SSSR count). The van der Waals surface area contributed by atoms with Crippen molar-refractivity contribution in [1.29, 1.82) is 0 Å². The zero-order valence-corrected chi connectivity index (χ0v) is 10.9. The maximum Gasteiger partial charge on any atom is 0.143 e. The van der Waals surface area contributed by atoms with Crippen molar-refractivity contribution in [3.05, 3.63) is 45.4 Å². The van der Waals surface area contributed by atoms with Crippen molar-refractivity contribution >= 4 is 34.3 Å². The molecule has 0 aliphatic carbocycles. The summed E-state index contributed by atoms with van der Waals surface area (Å²) in [5.74, 6) is -0.557. The normalized spacial score (nSPS) is 12.4. The molecule has 4 N–H and O–H groups in total. The molecule has 1 heterocycles. The average Bonchev–Trinajstić information content (AvgIpc) is 2.85. The summed E-state index contributed by atoms with van der Waals surface area (Å²) >= 11 is 7.18. The number of hydrogen-bond donors (Lipinski definition) is 3. The van der Waals surface area contributed by atoms with E-state index in [-0.39, 0.29) is 17.3 Å². The predicted molar refractivity (Wildman–Crippen MR) is 73.6 cm³/mol. The number of benzene rings is 1. The third-order valence-corrected chi connectivity index (χ3v) is 3.50. The van der Waals surface area contributed by atoms with E-state index in [4.69, 9.17) is 17.3 Å². The van der Waals surface area contributed by atoms with Gasteiger partial charge in [0.2, 0.25) is 0 Å². The zero-order valence-electron chi connectivity index (χ0n) is 9.36. The first-order valence-corrected chi connectivity index (χ1v) is 6.58. The minimum atomic E-state index is -0.639. The van der Waals surface area contributed by atoms with Crippen LogP contribution in [0, 0.1) is 5.82 Å².